The number of rotatable bonds is 3. The number of aryl methyl sites for hydroxylation is 1. The molecule has 1 fully saturated rings. The van der Waals surface area contributed by atoms with E-state index in [0.29, 0.717) is 18.2 Å². The summed E-state index contributed by atoms with van der Waals surface area (Å²) in [6, 6.07) is 1.84. The maximum absolute atomic E-state index is 12.9. The maximum Gasteiger partial charge on any atom is 0.270 e. The Morgan fingerprint density at radius 2 is 1.96 bits per heavy atom. The first-order valence-electron chi connectivity index (χ1n) is 9.19. The van der Waals surface area contributed by atoms with E-state index in [0.717, 1.165) is 56.3 Å². The molecular formula is C18H23N7O. The smallest absolute Gasteiger partial charge is 0.270 e. The average molecular weight is 353 g/mol. The Morgan fingerprint density at radius 3 is 2.81 bits per heavy atom. The highest BCUT2D eigenvalue weighted by Gasteiger charge is 2.26. The number of fused-ring (bicyclic) bond motifs is 1. The number of carbonyl (C=O) groups is 1. The van der Waals surface area contributed by atoms with Gasteiger partial charge >= 0.3 is 0 Å². The number of carbonyl (C=O) groups excluding carboxylic acids is 1. The predicted molar refractivity (Wildman–Crippen MR) is 97.8 cm³/mol. The minimum atomic E-state index is -0.155. The first kappa shape index (κ1) is 16.7. The molecule has 8 heteroatoms. The van der Waals surface area contributed by atoms with Crippen molar-refractivity contribution in [1.82, 2.24) is 25.3 Å². The number of nitrogen functional groups attached to an aromatic ring is 1. The van der Waals surface area contributed by atoms with Crippen molar-refractivity contribution < 1.29 is 4.79 Å². The largest absolute Gasteiger partial charge is 0.368 e. The van der Waals surface area contributed by atoms with Crippen molar-refractivity contribution >= 4 is 17.8 Å². The lowest BCUT2D eigenvalue weighted by Gasteiger charge is -2.33. The van der Waals surface area contributed by atoms with E-state index >= 15 is 0 Å². The molecule has 2 aromatic rings. The van der Waals surface area contributed by atoms with Gasteiger partial charge in [0, 0.05) is 42.8 Å². The van der Waals surface area contributed by atoms with Crippen LogP contribution in [-0.4, -0.2) is 45.0 Å². The van der Waals surface area contributed by atoms with Crippen LogP contribution in [0.15, 0.2) is 18.5 Å². The first-order chi connectivity index (χ1) is 12.7. The number of nitrogens with two attached hydrogens (primary N) is 1. The lowest BCUT2D eigenvalue weighted by molar-refractivity contribution is 0.0926. The Labute approximate surface area is 152 Å². The standard InChI is InChI=1S/C18H23N7O/c19-17-23-14-7-2-1-6-13(14)15(24-17)16(26)22-12-5-3-10-25(11-12)18-20-8-4-9-21-18/h4,8-9,12H,1-3,5-7,10-11H2,(H,22,26)(H2,19,23,24). The van der Waals surface area contributed by atoms with Crippen molar-refractivity contribution in [3.05, 3.63) is 35.4 Å². The van der Waals surface area contributed by atoms with E-state index in [1.807, 2.05) is 0 Å². The molecule has 4 rings (SSSR count). The number of anilines is 2. The van der Waals surface area contributed by atoms with Crippen molar-refractivity contribution in [3.63, 3.8) is 0 Å². The van der Waals surface area contributed by atoms with E-state index in [-0.39, 0.29) is 17.9 Å². The number of piperidine rings is 1. The van der Waals surface area contributed by atoms with Crippen molar-refractivity contribution in [2.45, 2.75) is 44.6 Å². The zero-order valence-electron chi connectivity index (χ0n) is 14.7. The van der Waals surface area contributed by atoms with Crippen molar-refractivity contribution in [2.75, 3.05) is 23.7 Å². The Hall–Kier alpha value is -2.77. The molecule has 136 valence electrons. The third-order valence-electron chi connectivity index (χ3n) is 5.01. The summed E-state index contributed by atoms with van der Waals surface area (Å²) >= 11 is 0. The molecule has 8 nitrogen and oxygen atoms in total. The summed E-state index contributed by atoms with van der Waals surface area (Å²) < 4.78 is 0. The van der Waals surface area contributed by atoms with Crippen LogP contribution in [0.3, 0.4) is 0 Å². The summed E-state index contributed by atoms with van der Waals surface area (Å²) in [5.41, 5.74) is 8.16. The molecule has 3 heterocycles. The molecule has 26 heavy (non-hydrogen) atoms. The highest BCUT2D eigenvalue weighted by molar-refractivity contribution is 5.94. The van der Waals surface area contributed by atoms with E-state index in [4.69, 9.17) is 5.73 Å². The van der Waals surface area contributed by atoms with Crippen LogP contribution in [0, 0.1) is 0 Å². The predicted octanol–water partition coefficient (Wildman–Crippen LogP) is 1.13. The Bertz CT molecular complexity index is 796. The molecule has 3 N–H and O–H groups in total. The van der Waals surface area contributed by atoms with Crippen LogP contribution in [0.1, 0.15) is 47.4 Å². The second kappa shape index (κ2) is 7.23. The van der Waals surface area contributed by atoms with Crippen LogP contribution in [0.2, 0.25) is 0 Å². The number of hydrogen-bond acceptors (Lipinski definition) is 7. The van der Waals surface area contributed by atoms with Gasteiger partial charge in [-0.05, 0) is 44.6 Å². The van der Waals surface area contributed by atoms with Crippen LogP contribution in [0.25, 0.3) is 0 Å². The number of nitrogens with one attached hydrogen (secondary N) is 1. The van der Waals surface area contributed by atoms with Gasteiger partial charge in [0.15, 0.2) is 0 Å². The van der Waals surface area contributed by atoms with Crippen molar-refractivity contribution in [2.24, 2.45) is 0 Å². The van der Waals surface area contributed by atoms with Gasteiger partial charge in [-0.15, -0.1) is 0 Å². The molecule has 1 aliphatic heterocycles. The lowest BCUT2D eigenvalue weighted by Crippen LogP contribution is -2.48. The average Bonchev–Trinajstić information content (AvgIpc) is 2.68. The third-order valence-corrected chi connectivity index (χ3v) is 5.01. The molecule has 0 bridgehead atoms. The van der Waals surface area contributed by atoms with E-state index in [9.17, 15) is 4.79 Å². The zero-order chi connectivity index (χ0) is 17.9. The Kier molecular flexibility index (Phi) is 4.64. The lowest BCUT2D eigenvalue weighted by atomic mass is 9.94. The number of amides is 1. The van der Waals surface area contributed by atoms with E-state index in [1.165, 1.54) is 0 Å². The quantitative estimate of drug-likeness (QED) is 0.851. The molecule has 1 atom stereocenters. The van der Waals surface area contributed by atoms with Gasteiger partial charge in [0.2, 0.25) is 11.9 Å². The van der Waals surface area contributed by atoms with E-state index in [2.05, 4.69) is 30.2 Å². The number of nitrogens with zero attached hydrogens (tertiary/aromatic N) is 5. The van der Waals surface area contributed by atoms with Gasteiger partial charge in [-0.2, -0.15) is 0 Å². The fraction of sp³-hybridized carbons (Fsp3) is 0.500. The van der Waals surface area contributed by atoms with Crippen molar-refractivity contribution in [1.29, 1.82) is 0 Å². The van der Waals surface area contributed by atoms with E-state index in [1.54, 1.807) is 18.5 Å². The molecule has 1 unspecified atom stereocenters. The normalized spacial score (nSPS) is 19.7. The summed E-state index contributed by atoms with van der Waals surface area (Å²) in [6.45, 7) is 1.59. The fourth-order valence-electron chi connectivity index (χ4n) is 3.79. The van der Waals surface area contributed by atoms with Crippen LogP contribution in [-0.2, 0) is 12.8 Å². The highest BCUT2D eigenvalue weighted by atomic mass is 16.2. The topological polar surface area (TPSA) is 110 Å². The molecule has 1 saturated heterocycles. The zero-order valence-corrected chi connectivity index (χ0v) is 14.7. The van der Waals surface area contributed by atoms with Crippen LogP contribution in [0.5, 0.6) is 0 Å². The molecule has 0 saturated carbocycles. The minimum Gasteiger partial charge on any atom is -0.368 e. The second-order valence-corrected chi connectivity index (χ2v) is 6.87. The first-order valence-corrected chi connectivity index (χ1v) is 9.19. The third kappa shape index (κ3) is 3.44. The minimum absolute atomic E-state index is 0.0375. The van der Waals surface area contributed by atoms with Gasteiger partial charge in [-0.3, -0.25) is 4.79 Å². The number of hydrogen-bond donors (Lipinski definition) is 2. The monoisotopic (exact) mass is 353 g/mol. The maximum atomic E-state index is 12.9. The summed E-state index contributed by atoms with van der Waals surface area (Å²) in [6.07, 6.45) is 9.23. The molecule has 0 spiro atoms. The van der Waals surface area contributed by atoms with E-state index < -0.39 is 0 Å². The van der Waals surface area contributed by atoms with Gasteiger partial charge in [0.25, 0.3) is 5.91 Å². The summed E-state index contributed by atoms with van der Waals surface area (Å²) in [5.74, 6) is 0.729. The molecule has 2 aromatic heterocycles. The van der Waals surface area contributed by atoms with Gasteiger partial charge in [-0.1, -0.05) is 0 Å². The fourth-order valence-corrected chi connectivity index (χ4v) is 3.79. The van der Waals surface area contributed by atoms with Gasteiger partial charge < -0.3 is 16.0 Å². The van der Waals surface area contributed by atoms with Gasteiger partial charge in [-0.25, -0.2) is 19.9 Å². The molecule has 0 radical (unpaired) electrons. The van der Waals surface area contributed by atoms with Crippen LogP contribution < -0.4 is 16.0 Å². The highest BCUT2D eigenvalue weighted by Crippen LogP contribution is 2.23. The Morgan fingerprint density at radius 1 is 1.15 bits per heavy atom. The van der Waals surface area contributed by atoms with Crippen LogP contribution in [0.4, 0.5) is 11.9 Å². The second-order valence-electron chi connectivity index (χ2n) is 6.87. The summed E-state index contributed by atoms with van der Waals surface area (Å²) in [4.78, 5) is 32.2. The van der Waals surface area contributed by atoms with Gasteiger partial charge in [0.1, 0.15) is 5.69 Å². The molecular weight excluding hydrogens is 330 g/mol. The number of aromatic nitrogens is 4. The molecule has 1 amide bonds. The van der Waals surface area contributed by atoms with Crippen molar-refractivity contribution in [3.8, 4) is 0 Å². The van der Waals surface area contributed by atoms with Gasteiger partial charge in [0.05, 0.1) is 0 Å². The molecule has 1 aliphatic carbocycles. The SMILES string of the molecule is Nc1nc2c(c(C(=O)NC3CCCN(c4ncccn4)C3)n1)CCCC2. The summed E-state index contributed by atoms with van der Waals surface area (Å²) in [7, 11) is 0. The molecule has 2 aliphatic rings. The summed E-state index contributed by atoms with van der Waals surface area (Å²) in [5, 5.41) is 3.13. The molecule has 0 aromatic carbocycles. The van der Waals surface area contributed by atoms with Crippen LogP contribution >= 0.6 is 0 Å². The Balaban J connectivity index is 1.49.